The molecule has 0 radical (unpaired) electrons. The van der Waals surface area contributed by atoms with Crippen LogP contribution in [0.15, 0.2) is 299 Å². The van der Waals surface area contributed by atoms with Crippen molar-refractivity contribution >= 4 is 134 Å². The molecule has 0 aliphatic carbocycles. The second-order valence-corrected chi connectivity index (χ2v) is 43.8. The summed E-state index contributed by atoms with van der Waals surface area (Å²) < 4.78 is 157. The highest BCUT2D eigenvalue weighted by Gasteiger charge is 2.40. The van der Waals surface area contributed by atoms with Crippen LogP contribution in [0, 0.1) is 13.8 Å². The lowest BCUT2D eigenvalue weighted by atomic mass is 9.87. The Kier molecular flexibility index (Phi) is 35.4. The Hall–Kier alpha value is -14.3. The van der Waals surface area contributed by atoms with Gasteiger partial charge in [-0.15, -0.1) is 17.7 Å². The van der Waals surface area contributed by atoms with Crippen LogP contribution in [0.1, 0.15) is 219 Å². The highest BCUT2D eigenvalue weighted by atomic mass is 35.5. The van der Waals surface area contributed by atoms with Crippen molar-refractivity contribution in [1.29, 1.82) is 0 Å². The number of hydrazine groups is 4. The highest BCUT2D eigenvalue weighted by Crippen LogP contribution is 2.34. The zero-order chi connectivity index (χ0) is 105. The maximum absolute atomic E-state index is 13.6. The van der Waals surface area contributed by atoms with Crippen LogP contribution >= 0.6 is 34.8 Å². The largest absolute Gasteiger partial charge is 0.427 e. The van der Waals surface area contributed by atoms with E-state index >= 15 is 0 Å². The lowest BCUT2D eigenvalue weighted by Gasteiger charge is -2.24. The molecule has 10 aromatic carbocycles. The van der Waals surface area contributed by atoms with Gasteiger partial charge in [-0.05, 0) is 264 Å². The van der Waals surface area contributed by atoms with Gasteiger partial charge in [0.25, 0.3) is 87.4 Å². The molecule has 0 saturated carbocycles. The van der Waals surface area contributed by atoms with Crippen LogP contribution in [0.4, 0.5) is 13.2 Å². The van der Waals surface area contributed by atoms with E-state index in [4.69, 9.17) is 44.3 Å². The van der Waals surface area contributed by atoms with Crippen molar-refractivity contribution in [2.75, 3.05) is 0 Å². The molecule has 0 saturated heterocycles. The first-order valence-electron chi connectivity index (χ1n) is 42.5. The summed E-state index contributed by atoms with van der Waals surface area (Å²) in [6, 6.07) is 61.1. The SMILES string of the molecule is CC(=O)Oc1ccc(C(=O)NN(C(=O)c2ccc(OC(C)=O)cc2)S(=O)(=O)c2ccc(C(C)(C)C)cc2)cc1.CC(C)(C)c1ccc(C(=O)N(NC(=O)c2ccc(Cl)cc2)S(=O)(=O)c2ccc(C(C)(C)C)cc2)cc1.Cc1ccc(C(=O)N(NC(=O)c2ccc(Cl)cc2)S(=O)(=O)c2ccc(C(F)(F)F)cc2)cc1.Cc1ccc(C(=O)N(NC(=O)c2ccc(Cl)nc2)S(=O)(=O)c2ccc(C(C)(C)C)cc2)cn1. The zero-order valence-corrected chi connectivity index (χ0v) is 84.3. The number of esters is 2. The predicted octanol–water partition coefficient (Wildman–Crippen LogP) is 18.9. The fourth-order valence-electron chi connectivity index (χ4n) is 12.4. The van der Waals surface area contributed by atoms with E-state index < -0.39 is 116 Å². The Morgan fingerprint density at radius 1 is 0.284 bits per heavy atom. The number of halogens is 6. The molecule has 4 N–H and O–H groups in total. The molecule has 0 fully saturated rings. The number of ether oxygens (including phenoxy) is 2. The van der Waals surface area contributed by atoms with E-state index in [1.165, 1.54) is 190 Å². The van der Waals surface area contributed by atoms with Gasteiger partial charge in [0.15, 0.2) is 0 Å². The maximum Gasteiger partial charge on any atom is 0.416 e. The topological polar surface area (TPSA) is 413 Å². The van der Waals surface area contributed by atoms with Gasteiger partial charge in [-0.3, -0.25) is 52.9 Å². The van der Waals surface area contributed by atoms with Crippen LogP contribution in [0.5, 0.6) is 11.5 Å². The summed E-state index contributed by atoms with van der Waals surface area (Å²) in [5.41, 5.74) is 12.2. The number of amides is 8. The number of pyridine rings is 2. The number of nitrogens with zero attached hydrogens (tertiary/aromatic N) is 6. The van der Waals surface area contributed by atoms with Crippen molar-refractivity contribution in [1.82, 2.24) is 49.3 Å². The Bertz CT molecular complexity index is 6900. The molecule has 12 rings (SSSR count). The molecule has 738 valence electrons. The Balaban J connectivity index is 0.000000210. The van der Waals surface area contributed by atoms with Crippen molar-refractivity contribution in [2.24, 2.45) is 0 Å². The van der Waals surface area contributed by atoms with Crippen LogP contribution < -0.4 is 31.2 Å². The fraction of sp³-hybridized carbons (Fsp3) is 0.208. The maximum atomic E-state index is 13.6. The number of alkyl halides is 3. The number of rotatable bonds is 18. The van der Waals surface area contributed by atoms with Crippen LogP contribution in [-0.2, 0) is 77.5 Å². The summed E-state index contributed by atoms with van der Waals surface area (Å²) in [4.78, 5) is 134. The van der Waals surface area contributed by atoms with Gasteiger partial charge < -0.3 is 9.47 Å². The first-order chi connectivity index (χ1) is 65.6. The molecule has 141 heavy (non-hydrogen) atoms. The Labute approximate surface area is 829 Å². The molecule has 0 spiro atoms. The van der Waals surface area contributed by atoms with Crippen LogP contribution in [-0.4, -0.2) is 120 Å². The van der Waals surface area contributed by atoms with Crippen molar-refractivity contribution in [3.05, 3.63) is 378 Å². The monoisotopic (exact) mass is 2060 g/mol. The summed E-state index contributed by atoms with van der Waals surface area (Å²) in [7, 11) is -18.2. The minimum Gasteiger partial charge on any atom is -0.427 e. The second-order valence-electron chi connectivity index (χ2n) is 35.4. The third kappa shape index (κ3) is 29.4. The third-order valence-corrected chi connectivity index (χ3v) is 27.6. The predicted molar refractivity (Wildman–Crippen MR) is 523 cm³/mol. The van der Waals surface area contributed by atoms with Crippen molar-refractivity contribution in [2.45, 2.75) is 158 Å². The van der Waals surface area contributed by atoms with Gasteiger partial charge in [-0.25, -0.2) is 26.7 Å². The van der Waals surface area contributed by atoms with Crippen LogP contribution in [0.2, 0.25) is 15.2 Å². The normalized spacial score (nSPS) is 11.7. The summed E-state index contributed by atoms with van der Waals surface area (Å²) in [5, 5.41) is 0.915. The van der Waals surface area contributed by atoms with E-state index in [0.717, 1.165) is 27.8 Å². The summed E-state index contributed by atoms with van der Waals surface area (Å²) >= 11 is 17.4. The lowest BCUT2D eigenvalue weighted by Crippen LogP contribution is -2.49. The number of benzene rings is 10. The molecule has 30 nitrogen and oxygen atoms in total. The van der Waals surface area contributed by atoms with E-state index in [0.29, 0.717) is 48.8 Å². The number of nitrogens with one attached hydrogen (secondary N) is 4. The molecular weight excluding hydrogens is 1960 g/mol. The van der Waals surface area contributed by atoms with Crippen molar-refractivity contribution < 1.29 is 104 Å². The Morgan fingerprint density at radius 3 is 0.766 bits per heavy atom. The molecule has 0 bridgehead atoms. The van der Waals surface area contributed by atoms with Gasteiger partial charge in [0, 0.05) is 75.4 Å². The van der Waals surface area contributed by atoms with Gasteiger partial charge in [0.1, 0.15) is 16.7 Å². The van der Waals surface area contributed by atoms with Gasteiger partial charge in [0.2, 0.25) is 0 Å². The number of sulfonamides is 4. The van der Waals surface area contributed by atoms with Gasteiger partial charge in [0.05, 0.1) is 36.3 Å². The van der Waals surface area contributed by atoms with Gasteiger partial charge in [-0.1, -0.05) is 184 Å². The number of hydrogen-bond acceptors (Lipinski definition) is 22. The summed E-state index contributed by atoms with van der Waals surface area (Å²) in [6.07, 6.45) is -2.25. The molecule has 2 heterocycles. The zero-order valence-electron chi connectivity index (χ0n) is 78.8. The smallest absolute Gasteiger partial charge is 0.416 e. The van der Waals surface area contributed by atoms with E-state index in [2.05, 4.69) is 26.2 Å². The number of carbonyl (C=O) groups excluding carboxylic acids is 10. The molecule has 0 unspecified atom stereocenters. The molecule has 12 aromatic rings. The molecule has 40 heteroatoms. The number of carbonyl (C=O) groups is 10. The fourth-order valence-corrected chi connectivity index (χ4v) is 17.6. The number of aryl methyl sites for hydroxylation is 2. The van der Waals surface area contributed by atoms with E-state index in [1.807, 2.05) is 88.5 Å². The molecule has 8 amide bonds. The molecule has 0 aliphatic heterocycles. The number of hydrogen-bond donors (Lipinski definition) is 4. The van der Waals surface area contributed by atoms with Gasteiger partial charge in [-0.2, -0.15) is 46.8 Å². The van der Waals surface area contributed by atoms with E-state index in [-0.39, 0.29) is 106 Å². The summed E-state index contributed by atoms with van der Waals surface area (Å²) in [5.74, 6) is -8.21. The minimum absolute atomic E-state index is 0.00345. The van der Waals surface area contributed by atoms with Crippen LogP contribution in [0.3, 0.4) is 0 Å². The molecule has 0 atom stereocenters. The van der Waals surface area contributed by atoms with E-state index in [1.54, 1.807) is 92.7 Å². The summed E-state index contributed by atoms with van der Waals surface area (Å²) in [6.45, 7) is 30.0. The minimum atomic E-state index is -4.77. The Morgan fingerprint density at radius 2 is 0.511 bits per heavy atom. The van der Waals surface area contributed by atoms with Crippen molar-refractivity contribution in [3.8, 4) is 11.5 Å². The lowest BCUT2D eigenvalue weighted by molar-refractivity contribution is -0.137. The first kappa shape index (κ1) is 110. The third-order valence-electron chi connectivity index (χ3n) is 20.4. The van der Waals surface area contributed by atoms with Crippen molar-refractivity contribution in [3.63, 3.8) is 0 Å². The van der Waals surface area contributed by atoms with Crippen LogP contribution in [0.25, 0.3) is 0 Å². The number of aromatic nitrogens is 2. The molecule has 2 aromatic heterocycles. The van der Waals surface area contributed by atoms with E-state index in [9.17, 15) is 94.8 Å². The second kappa shape index (κ2) is 45.3. The first-order valence-corrected chi connectivity index (χ1v) is 49.4. The standard InChI is InChI=1S/C28H31ClN2O4S.C28H28N2O8S.C23H23ClN4O4S.C22H16ClF3N2O4S/c1-27(2,3)21-11-7-20(8-12-21)26(33)31(30-25(32)19-9-15-23(29)16-10-19)36(34,35)24-17-13-22(14-18-24)28(4,5)6;1-18(31)37-23-12-6-20(7-13-23)26(33)29-30(27(34)21-8-14-24(15-9-21)38-19(2)32)39(35,36)25-16-10-22(11-17-25)28(3,4)5;1-15-5-6-17(14-25-15)22(30)28(27-21(29)16-7-12-20(24)26-13-16)33(31,32)19-10-8-18(9-11-19)23(2,3)4;1-14-2-4-16(5-3-14)21(30)28(27-20(29)15-6-10-18(23)11-7-15)33(31,32)19-12-8-17(9-13-19)22(24,25)26/h7-18H,1-6H3,(H,30,32);6-17H,1-5H3,(H,29,33);5-14H,1-4H3,(H,27,29);2-13H,1H3,(H,27,29). The average molecular weight is 2060 g/mol. The van der Waals surface area contributed by atoms with Gasteiger partial charge >= 0.3 is 18.1 Å². The molecule has 0 aliphatic rings. The highest BCUT2D eigenvalue weighted by molar-refractivity contribution is 7.90. The average Bonchev–Trinajstić information content (AvgIpc) is 0.785. The quantitative estimate of drug-likeness (QED) is 0.0268. The molecular formula is C101H98Cl3F3N10O20S4.